The number of pyridine rings is 1. The molecule has 92 valence electrons. The normalized spacial score (nSPS) is 22.0. The van der Waals surface area contributed by atoms with E-state index in [0.717, 1.165) is 25.1 Å². The second-order valence-corrected chi connectivity index (χ2v) is 4.43. The molecule has 1 aromatic rings. The molecule has 0 bridgehead atoms. The van der Waals surface area contributed by atoms with Crippen LogP contribution in [-0.2, 0) is 9.53 Å². The molecule has 2 atom stereocenters. The molecule has 17 heavy (non-hydrogen) atoms. The van der Waals surface area contributed by atoms with Crippen molar-refractivity contribution in [3.63, 3.8) is 0 Å². The van der Waals surface area contributed by atoms with Crippen molar-refractivity contribution < 1.29 is 9.53 Å². The average Bonchev–Trinajstić information content (AvgIpc) is 2.38. The molecule has 0 aliphatic carbocycles. The van der Waals surface area contributed by atoms with Crippen molar-refractivity contribution in [2.75, 3.05) is 6.61 Å². The van der Waals surface area contributed by atoms with Gasteiger partial charge in [-0.15, -0.1) is 0 Å². The van der Waals surface area contributed by atoms with Crippen LogP contribution in [0.1, 0.15) is 37.3 Å². The van der Waals surface area contributed by atoms with E-state index in [9.17, 15) is 4.79 Å². The maximum absolute atomic E-state index is 11.5. The summed E-state index contributed by atoms with van der Waals surface area (Å²) in [7, 11) is 0. The molecule has 2 unspecified atom stereocenters. The minimum absolute atomic E-state index is 0.142. The zero-order chi connectivity index (χ0) is 12.1. The molecule has 0 aromatic carbocycles. The molecule has 1 amide bonds. The third-order valence-corrected chi connectivity index (χ3v) is 3.16. The topological polar surface area (TPSA) is 65.2 Å². The van der Waals surface area contributed by atoms with Gasteiger partial charge in [0.05, 0.1) is 17.7 Å². The van der Waals surface area contributed by atoms with Crippen LogP contribution < -0.4 is 5.73 Å². The first-order valence-electron chi connectivity index (χ1n) is 6.09. The molecule has 0 spiro atoms. The van der Waals surface area contributed by atoms with Crippen LogP contribution in [0.2, 0.25) is 0 Å². The molecule has 1 saturated heterocycles. The van der Waals surface area contributed by atoms with Crippen LogP contribution in [0.5, 0.6) is 0 Å². The number of ether oxygens (including phenoxy) is 1. The molecule has 2 heterocycles. The molecular formula is C13H18N2O2. The molecule has 0 radical (unpaired) electrons. The Morgan fingerprint density at radius 1 is 1.53 bits per heavy atom. The molecular weight excluding hydrogens is 216 g/mol. The number of hydrogen-bond acceptors (Lipinski definition) is 3. The summed E-state index contributed by atoms with van der Waals surface area (Å²) in [6, 6.07) is 5.55. The van der Waals surface area contributed by atoms with Crippen molar-refractivity contribution in [2.45, 2.75) is 37.7 Å². The highest BCUT2D eigenvalue weighted by atomic mass is 16.5. The molecule has 0 saturated carbocycles. The van der Waals surface area contributed by atoms with Gasteiger partial charge >= 0.3 is 0 Å². The number of nitrogens with zero attached hydrogens (tertiary/aromatic N) is 1. The number of nitrogens with two attached hydrogens (primary N) is 1. The predicted molar refractivity (Wildman–Crippen MR) is 64.4 cm³/mol. The van der Waals surface area contributed by atoms with E-state index in [1.54, 1.807) is 6.20 Å². The van der Waals surface area contributed by atoms with E-state index in [-0.39, 0.29) is 17.9 Å². The minimum Gasteiger partial charge on any atom is -0.378 e. The van der Waals surface area contributed by atoms with Crippen molar-refractivity contribution in [3.8, 4) is 0 Å². The molecule has 1 aliphatic heterocycles. The van der Waals surface area contributed by atoms with Crippen molar-refractivity contribution in [1.29, 1.82) is 0 Å². The zero-order valence-corrected chi connectivity index (χ0v) is 9.84. The summed E-state index contributed by atoms with van der Waals surface area (Å²) in [6.07, 6.45) is 5.76. The lowest BCUT2D eigenvalue weighted by Crippen LogP contribution is -2.29. The van der Waals surface area contributed by atoms with Crippen molar-refractivity contribution in [1.82, 2.24) is 4.98 Å². The summed E-state index contributed by atoms with van der Waals surface area (Å²) in [5, 5.41) is 0. The number of carbonyl (C=O) groups excluding carboxylic acids is 1. The lowest BCUT2D eigenvalue weighted by atomic mass is 9.93. The van der Waals surface area contributed by atoms with Crippen molar-refractivity contribution >= 4 is 5.91 Å². The Labute approximate surface area is 101 Å². The largest absolute Gasteiger partial charge is 0.378 e. The lowest BCUT2D eigenvalue weighted by molar-refractivity contribution is -0.120. The van der Waals surface area contributed by atoms with Gasteiger partial charge in [0.1, 0.15) is 0 Å². The predicted octanol–water partition coefficient (Wildman–Crippen LogP) is 1.61. The number of aromatic nitrogens is 1. The Balaban J connectivity index is 2.05. The van der Waals surface area contributed by atoms with Crippen LogP contribution in [0.4, 0.5) is 0 Å². The minimum atomic E-state index is -0.334. The highest BCUT2D eigenvalue weighted by Gasteiger charge is 2.25. The van der Waals surface area contributed by atoms with E-state index in [0.29, 0.717) is 6.42 Å². The van der Waals surface area contributed by atoms with Crippen LogP contribution in [0.15, 0.2) is 24.4 Å². The summed E-state index contributed by atoms with van der Waals surface area (Å²) >= 11 is 0. The number of hydrogen-bond donors (Lipinski definition) is 1. The fourth-order valence-corrected chi connectivity index (χ4v) is 2.22. The Morgan fingerprint density at radius 3 is 3.00 bits per heavy atom. The standard InChI is InChI=1S/C13H18N2O2/c14-13(16)11(12-6-1-3-7-15-12)9-10-5-2-4-8-17-10/h1,3,6-7,10-11H,2,4-5,8-9H2,(H2,14,16). The van der Waals surface area contributed by atoms with Crippen LogP contribution in [-0.4, -0.2) is 23.6 Å². The maximum atomic E-state index is 11.5. The highest BCUT2D eigenvalue weighted by molar-refractivity contribution is 5.81. The fraction of sp³-hybridized carbons (Fsp3) is 0.538. The first kappa shape index (κ1) is 12.0. The number of carbonyl (C=O) groups is 1. The monoisotopic (exact) mass is 234 g/mol. The van der Waals surface area contributed by atoms with Crippen LogP contribution in [0.3, 0.4) is 0 Å². The van der Waals surface area contributed by atoms with Gasteiger partial charge in [-0.05, 0) is 37.8 Å². The molecule has 1 fully saturated rings. The Bertz CT molecular complexity index is 361. The average molecular weight is 234 g/mol. The van der Waals surface area contributed by atoms with Crippen LogP contribution in [0.25, 0.3) is 0 Å². The second-order valence-electron chi connectivity index (χ2n) is 4.43. The van der Waals surface area contributed by atoms with Gasteiger partial charge in [-0.2, -0.15) is 0 Å². The first-order valence-corrected chi connectivity index (χ1v) is 6.09. The van der Waals surface area contributed by atoms with Gasteiger partial charge < -0.3 is 10.5 Å². The number of primary amides is 1. The highest BCUT2D eigenvalue weighted by Crippen LogP contribution is 2.25. The summed E-state index contributed by atoms with van der Waals surface area (Å²) in [6.45, 7) is 0.790. The summed E-state index contributed by atoms with van der Waals surface area (Å²) < 4.78 is 5.64. The second kappa shape index (κ2) is 5.77. The molecule has 2 rings (SSSR count). The quantitative estimate of drug-likeness (QED) is 0.860. The molecule has 1 aromatic heterocycles. The van der Waals surface area contributed by atoms with Gasteiger partial charge in [-0.3, -0.25) is 9.78 Å². The van der Waals surface area contributed by atoms with E-state index in [2.05, 4.69) is 4.98 Å². The van der Waals surface area contributed by atoms with Gasteiger partial charge in [0.2, 0.25) is 5.91 Å². The van der Waals surface area contributed by atoms with E-state index in [1.165, 1.54) is 6.42 Å². The SMILES string of the molecule is NC(=O)C(CC1CCCCO1)c1ccccn1. The Hall–Kier alpha value is -1.42. The van der Waals surface area contributed by atoms with Gasteiger partial charge in [0, 0.05) is 12.8 Å². The molecule has 4 nitrogen and oxygen atoms in total. The van der Waals surface area contributed by atoms with E-state index in [4.69, 9.17) is 10.5 Å². The van der Waals surface area contributed by atoms with E-state index >= 15 is 0 Å². The third-order valence-electron chi connectivity index (χ3n) is 3.16. The summed E-state index contributed by atoms with van der Waals surface area (Å²) in [4.78, 5) is 15.7. The molecule has 4 heteroatoms. The van der Waals surface area contributed by atoms with Gasteiger partial charge in [-0.25, -0.2) is 0 Å². The summed E-state index contributed by atoms with van der Waals surface area (Å²) in [5.41, 5.74) is 6.20. The van der Waals surface area contributed by atoms with Crippen molar-refractivity contribution in [3.05, 3.63) is 30.1 Å². The van der Waals surface area contributed by atoms with Crippen molar-refractivity contribution in [2.24, 2.45) is 5.73 Å². The number of amides is 1. The summed E-state index contributed by atoms with van der Waals surface area (Å²) in [5.74, 6) is -0.655. The van der Waals surface area contributed by atoms with Gasteiger partial charge in [0.15, 0.2) is 0 Å². The van der Waals surface area contributed by atoms with Crippen LogP contribution >= 0.6 is 0 Å². The molecule has 2 N–H and O–H groups in total. The van der Waals surface area contributed by atoms with Gasteiger partial charge in [0.25, 0.3) is 0 Å². The molecule has 1 aliphatic rings. The fourth-order valence-electron chi connectivity index (χ4n) is 2.22. The Morgan fingerprint density at radius 2 is 2.41 bits per heavy atom. The third kappa shape index (κ3) is 3.27. The van der Waals surface area contributed by atoms with E-state index in [1.807, 2.05) is 18.2 Å². The Kier molecular flexibility index (Phi) is 4.09. The first-order chi connectivity index (χ1) is 8.27. The number of rotatable bonds is 4. The smallest absolute Gasteiger partial charge is 0.226 e. The lowest BCUT2D eigenvalue weighted by Gasteiger charge is -2.25. The van der Waals surface area contributed by atoms with Gasteiger partial charge in [-0.1, -0.05) is 6.07 Å². The maximum Gasteiger partial charge on any atom is 0.226 e. The van der Waals surface area contributed by atoms with E-state index < -0.39 is 0 Å². The van der Waals surface area contributed by atoms with Crippen LogP contribution in [0, 0.1) is 0 Å². The zero-order valence-electron chi connectivity index (χ0n) is 9.84.